The number of hydrogen-bond acceptors (Lipinski definition) is 3. The van der Waals surface area contributed by atoms with Gasteiger partial charge < -0.3 is 15.0 Å². The van der Waals surface area contributed by atoms with Gasteiger partial charge in [0, 0.05) is 18.3 Å². The van der Waals surface area contributed by atoms with Crippen LogP contribution in [0.3, 0.4) is 0 Å². The van der Waals surface area contributed by atoms with E-state index in [1.54, 1.807) is 6.20 Å². The van der Waals surface area contributed by atoms with Crippen LogP contribution in [0.25, 0.3) is 0 Å². The summed E-state index contributed by atoms with van der Waals surface area (Å²) in [5.41, 5.74) is 1.14. The third kappa shape index (κ3) is 2.97. The Morgan fingerprint density at radius 3 is 2.80 bits per heavy atom. The molecule has 2 heterocycles. The molecular weight excluding hydrogens is 228 g/mol. The molecule has 2 aromatic rings. The lowest BCUT2D eigenvalue weighted by Gasteiger charge is -1.95. The molecule has 0 aliphatic heterocycles. The Balaban J connectivity index is 1.82. The molecule has 80 valence electrons. The van der Waals surface area contributed by atoms with Gasteiger partial charge in [0.2, 0.25) is 0 Å². The molecule has 0 aliphatic carbocycles. The van der Waals surface area contributed by atoms with E-state index in [2.05, 4.69) is 32.6 Å². The van der Waals surface area contributed by atoms with E-state index in [0.29, 0.717) is 4.77 Å². The fourth-order valence-corrected chi connectivity index (χ4v) is 1.81. The van der Waals surface area contributed by atoms with Gasteiger partial charge in [0.15, 0.2) is 4.77 Å². The van der Waals surface area contributed by atoms with Crippen molar-refractivity contribution in [1.29, 1.82) is 0 Å². The van der Waals surface area contributed by atoms with Crippen molar-refractivity contribution in [2.24, 2.45) is 0 Å². The molecule has 0 aromatic carbocycles. The van der Waals surface area contributed by atoms with Gasteiger partial charge >= 0.3 is 0 Å². The first-order valence-corrected chi connectivity index (χ1v) is 5.59. The summed E-state index contributed by atoms with van der Waals surface area (Å²) in [5, 5.41) is 0.811. The van der Waals surface area contributed by atoms with Gasteiger partial charge in [0.25, 0.3) is 0 Å². The number of aryl methyl sites for hydroxylation is 2. The molecule has 0 unspecified atom stereocenters. The van der Waals surface area contributed by atoms with E-state index in [1.807, 2.05) is 6.20 Å². The van der Waals surface area contributed by atoms with Crippen LogP contribution >= 0.6 is 24.8 Å². The number of aromatic nitrogens is 4. The van der Waals surface area contributed by atoms with E-state index in [1.165, 1.54) is 0 Å². The van der Waals surface area contributed by atoms with Crippen LogP contribution < -0.4 is 0 Å². The Morgan fingerprint density at radius 2 is 2.20 bits per heavy atom. The molecular formula is C9H12N4S2. The second-order valence-electron chi connectivity index (χ2n) is 3.34. The van der Waals surface area contributed by atoms with Crippen molar-refractivity contribution in [1.82, 2.24) is 19.9 Å². The largest absolute Gasteiger partial charge is 0.337 e. The molecule has 0 atom stereocenters. The van der Waals surface area contributed by atoms with Gasteiger partial charge in [-0.25, -0.2) is 4.98 Å². The summed E-state index contributed by atoms with van der Waals surface area (Å²) in [6.45, 7) is 0. The first-order valence-electron chi connectivity index (χ1n) is 4.73. The molecule has 6 heteroatoms. The van der Waals surface area contributed by atoms with Crippen molar-refractivity contribution in [2.45, 2.75) is 24.3 Å². The second kappa shape index (κ2) is 4.67. The van der Waals surface area contributed by atoms with Crippen molar-refractivity contribution < 1.29 is 0 Å². The van der Waals surface area contributed by atoms with E-state index in [-0.39, 0.29) is 0 Å². The Morgan fingerprint density at radius 1 is 1.33 bits per heavy atom. The molecule has 2 aromatic heterocycles. The van der Waals surface area contributed by atoms with Crippen LogP contribution in [0.5, 0.6) is 0 Å². The molecule has 2 rings (SSSR count). The highest BCUT2D eigenvalue weighted by Gasteiger charge is 1.99. The van der Waals surface area contributed by atoms with Crippen LogP contribution in [0.1, 0.15) is 17.9 Å². The maximum absolute atomic E-state index is 4.94. The minimum Gasteiger partial charge on any atom is -0.337 e. The van der Waals surface area contributed by atoms with E-state index in [4.69, 9.17) is 12.2 Å². The molecule has 0 spiro atoms. The summed E-state index contributed by atoms with van der Waals surface area (Å²) < 4.78 is 0.681. The second-order valence-corrected chi connectivity index (χ2v) is 4.23. The zero-order valence-corrected chi connectivity index (χ0v) is 9.79. The Labute approximate surface area is 98.0 Å². The van der Waals surface area contributed by atoms with E-state index in [9.17, 15) is 0 Å². The number of hydrogen-bond donors (Lipinski definition) is 4. The van der Waals surface area contributed by atoms with E-state index < -0.39 is 0 Å². The third-order valence-electron chi connectivity index (χ3n) is 2.13. The van der Waals surface area contributed by atoms with Crippen molar-refractivity contribution in [3.8, 4) is 0 Å². The molecule has 15 heavy (non-hydrogen) atoms. The van der Waals surface area contributed by atoms with Gasteiger partial charge in [0.1, 0.15) is 5.82 Å². The van der Waals surface area contributed by atoms with Gasteiger partial charge in [-0.05, 0) is 25.1 Å². The highest BCUT2D eigenvalue weighted by Crippen LogP contribution is 2.06. The highest BCUT2D eigenvalue weighted by molar-refractivity contribution is 7.80. The predicted octanol–water partition coefficient (Wildman–Crippen LogP) is 2.26. The summed E-state index contributed by atoms with van der Waals surface area (Å²) in [5.74, 6) is 0.981. The topological polar surface area (TPSA) is 60.3 Å². The van der Waals surface area contributed by atoms with Gasteiger partial charge in [-0.2, -0.15) is 0 Å². The fraction of sp³-hybridized carbons (Fsp3) is 0.333. The average molecular weight is 240 g/mol. The van der Waals surface area contributed by atoms with Gasteiger partial charge in [0.05, 0.1) is 11.2 Å². The summed E-state index contributed by atoms with van der Waals surface area (Å²) >= 11 is 9.10. The first-order chi connectivity index (χ1) is 7.24. The standard InChI is InChI=1S/C9H12N4S2/c14-8-5-10-7(13-8)3-1-2-6-4-11-9(15)12-6/h4-5,14H,1-3H2,(H,10,13)(H2,11,12,15). The Kier molecular flexibility index (Phi) is 3.27. The Bertz CT molecular complexity index is 482. The Hall–Kier alpha value is -1.01. The van der Waals surface area contributed by atoms with Crippen molar-refractivity contribution in [3.05, 3.63) is 28.7 Å². The van der Waals surface area contributed by atoms with Crippen molar-refractivity contribution in [3.63, 3.8) is 0 Å². The molecule has 0 amide bonds. The van der Waals surface area contributed by atoms with Crippen LogP contribution in [0.2, 0.25) is 0 Å². The van der Waals surface area contributed by atoms with Crippen LogP contribution in [0, 0.1) is 4.77 Å². The number of rotatable bonds is 4. The summed E-state index contributed by atoms with van der Waals surface area (Å²) in [7, 11) is 0. The summed E-state index contributed by atoms with van der Waals surface area (Å²) in [6.07, 6.45) is 6.56. The molecule has 0 saturated carbocycles. The number of nitrogens with zero attached hydrogens (tertiary/aromatic N) is 1. The number of aromatic amines is 3. The number of nitrogens with one attached hydrogen (secondary N) is 3. The maximum atomic E-state index is 4.94. The van der Waals surface area contributed by atoms with Crippen LogP contribution in [0.4, 0.5) is 0 Å². The number of imidazole rings is 2. The highest BCUT2D eigenvalue weighted by atomic mass is 32.1. The lowest BCUT2D eigenvalue weighted by Crippen LogP contribution is -1.92. The molecule has 3 N–H and O–H groups in total. The van der Waals surface area contributed by atoms with Gasteiger partial charge in [-0.3, -0.25) is 0 Å². The van der Waals surface area contributed by atoms with Crippen LogP contribution in [0.15, 0.2) is 17.4 Å². The summed E-state index contributed by atoms with van der Waals surface area (Å²) in [4.78, 5) is 13.3. The molecule has 0 aliphatic rings. The first kappa shape index (κ1) is 10.5. The van der Waals surface area contributed by atoms with Crippen LogP contribution in [-0.2, 0) is 12.8 Å². The fourth-order valence-electron chi connectivity index (χ4n) is 1.43. The zero-order valence-electron chi connectivity index (χ0n) is 8.08. The number of H-pyrrole nitrogens is 3. The van der Waals surface area contributed by atoms with Gasteiger partial charge in [-0.1, -0.05) is 0 Å². The average Bonchev–Trinajstić information content (AvgIpc) is 2.76. The normalized spacial score (nSPS) is 10.7. The molecule has 0 bridgehead atoms. The molecule has 0 fully saturated rings. The molecule has 0 radical (unpaired) electrons. The zero-order chi connectivity index (χ0) is 10.7. The molecule has 0 saturated heterocycles. The van der Waals surface area contributed by atoms with Gasteiger partial charge in [-0.15, -0.1) is 12.6 Å². The monoisotopic (exact) mass is 240 g/mol. The van der Waals surface area contributed by atoms with Crippen molar-refractivity contribution >= 4 is 24.8 Å². The third-order valence-corrected chi connectivity index (χ3v) is 2.57. The lowest BCUT2D eigenvalue weighted by molar-refractivity contribution is 0.767. The number of thiol groups is 1. The van der Waals surface area contributed by atoms with E-state index >= 15 is 0 Å². The predicted molar refractivity (Wildman–Crippen MR) is 63.8 cm³/mol. The van der Waals surface area contributed by atoms with Crippen LogP contribution in [-0.4, -0.2) is 19.9 Å². The SMILES string of the molecule is S=c1[nH]cc(CCCc2ncc(S)[nH]2)[nH]1. The minimum atomic E-state index is 0.681. The quantitative estimate of drug-likeness (QED) is 0.489. The molecule has 4 nitrogen and oxygen atoms in total. The maximum Gasteiger partial charge on any atom is 0.174 e. The minimum absolute atomic E-state index is 0.681. The van der Waals surface area contributed by atoms with E-state index in [0.717, 1.165) is 35.8 Å². The summed E-state index contributed by atoms with van der Waals surface area (Å²) in [6, 6.07) is 0. The van der Waals surface area contributed by atoms with Crippen molar-refractivity contribution in [2.75, 3.05) is 0 Å². The smallest absolute Gasteiger partial charge is 0.174 e. The lowest BCUT2D eigenvalue weighted by atomic mass is 10.2.